The van der Waals surface area contributed by atoms with E-state index in [2.05, 4.69) is 41.1 Å². The molecule has 1 heterocycles. The van der Waals surface area contributed by atoms with Crippen molar-refractivity contribution in [1.29, 1.82) is 0 Å². The number of nitrogens with one attached hydrogen (secondary N) is 1. The van der Waals surface area contributed by atoms with Crippen molar-refractivity contribution in [3.8, 4) is 0 Å². The van der Waals surface area contributed by atoms with Gasteiger partial charge in [-0.1, -0.05) is 6.92 Å². The zero-order valence-electron chi connectivity index (χ0n) is 11.8. The van der Waals surface area contributed by atoms with Crippen molar-refractivity contribution in [2.45, 2.75) is 32.9 Å². The number of aromatic nitrogens is 2. The van der Waals surface area contributed by atoms with Crippen molar-refractivity contribution in [3.63, 3.8) is 0 Å². The first-order valence-corrected chi connectivity index (χ1v) is 6.41. The van der Waals surface area contributed by atoms with Crippen LogP contribution in [-0.4, -0.2) is 48.2 Å². The van der Waals surface area contributed by atoms with Gasteiger partial charge in [-0.2, -0.15) is 0 Å². The summed E-state index contributed by atoms with van der Waals surface area (Å²) in [5.74, 6) is 0.841. The molecule has 1 aromatic rings. The average Bonchev–Trinajstić information content (AvgIpc) is 2.37. The highest BCUT2D eigenvalue weighted by Gasteiger charge is 2.06. The molecule has 1 N–H and O–H groups in total. The van der Waals surface area contributed by atoms with Crippen molar-refractivity contribution in [2.24, 2.45) is 0 Å². The van der Waals surface area contributed by atoms with Gasteiger partial charge >= 0.3 is 0 Å². The smallest absolute Gasteiger partial charge is 0.144 e. The SMILES string of the molecule is CCCNc1cnc(CN(C)CC(C)OC)cn1. The van der Waals surface area contributed by atoms with Gasteiger partial charge in [0, 0.05) is 26.7 Å². The Balaban J connectivity index is 2.42. The van der Waals surface area contributed by atoms with Crippen LogP contribution in [0.5, 0.6) is 0 Å². The Labute approximate surface area is 110 Å². The molecule has 0 aromatic carbocycles. The zero-order chi connectivity index (χ0) is 13.4. The van der Waals surface area contributed by atoms with Crippen LogP contribution >= 0.6 is 0 Å². The molecule has 1 atom stereocenters. The standard InChI is InChI=1S/C13H24N4O/c1-5-6-14-13-8-15-12(7-16-13)10-17(3)9-11(2)18-4/h7-8,11H,5-6,9-10H2,1-4H3,(H,14,16). The maximum absolute atomic E-state index is 5.23. The summed E-state index contributed by atoms with van der Waals surface area (Å²) in [6.07, 6.45) is 4.93. The van der Waals surface area contributed by atoms with Crippen LogP contribution in [0.4, 0.5) is 5.82 Å². The monoisotopic (exact) mass is 252 g/mol. The Morgan fingerprint density at radius 1 is 1.39 bits per heavy atom. The van der Waals surface area contributed by atoms with Crippen LogP contribution in [-0.2, 0) is 11.3 Å². The minimum Gasteiger partial charge on any atom is -0.380 e. The van der Waals surface area contributed by atoms with Crippen molar-refractivity contribution in [1.82, 2.24) is 14.9 Å². The summed E-state index contributed by atoms with van der Waals surface area (Å²) in [6, 6.07) is 0. The molecule has 0 aliphatic heterocycles. The van der Waals surface area contributed by atoms with E-state index in [1.165, 1.54) is 0 Å². The molecular formula is C13H24N4O. The molecule has 0 saturated heterocycles. The number of nitrogens with zero attached hydrogens (tertiary/aromatic N) is 3. The highest BCUT2D eigenvalue weighted by atomic mass is 16.5. The van der Waals surface area contributed by atoms with Gasteiger partial charge in [-0.05, 0) is 20.4 Å². The van der Waals surface area contributed by atoms with Crippen LogP contribution in [0.2, 0.25) is 0 Å². The first-order valence-electron chi connectivity index (χ1n) is 6.41. The lowest BCUT2D eigenvalue weighted by Crippen LogP contribution is -2.28. The van der Waals surface area contributed by atoms with Crippen molar-refractivity contribution in [3.05, 3.63) is 18.1 Å². The second kappa shape index (κ2) is 8.00. The molecule has 5 nitrogen and oxygen atoms in total. The Hall–Kier alpha value is -1.20. The minimum atomic E-state index is 0.230. The summed E-state index contributed by atoms with van der Waals surface area (Å²) >= 11 is 0. The molecular weight excluding hydrogens is 228 g/mol. The van der Waals surface area contributed by atoms with Gasteiger partial charge in [-0.15, -0.1) is 0 Å². The number of anilines is 1. The summed E-state index contributed by atoms with van der Waals surface area (Å²) in [4.78, 5) is 10.9. The van der Waals surface area contributed by atoms with E-state index in [-0.39, 0.29) is 6.10 Å². The predicted molar refractivity (Wildman–Crippen MR) is 73.6 cm³/mol. The fraction of sp³-hybridized carbons (Fsp3) is 0.692. The molecule has 0 amide bonds. The van der Waals surface area contributed by atoms with Crippen LogP contribution < -0.4 is 5.32 Å². The third-order valence-corrected chi connectivity index (χ3v) is 2.66. The van der Waals surface area contributed by atoms with E-state index in [4.69, 9.17) is 4.74 Å². The molecule has 0 saturated carbocycles. The highest BCUT2D eigenvalue weighted by molar-refractivity contribution is 5.30. The molecule has 102 valence electrons. The molecule has 0 aliphatic carbocycles. The normalized spacial score (nSPS) is 12.7. The first kappa shape index (κ1) is 14.9. The first-order chi connectivity index (χ1) is 8.65. The maximum Gasteiger partial charge on any atom is 0.144 e. The van der Waals surface area contributed by atoms with Gasteiger partial charge in [0.05, 0.1) is 24.2 Å². The molecule has 0 fully saturated rings. The summed E-state index contributed by atoms with van der Waals surface area (Å²) in [5.41, 5.74) is 0.975. The molecule has 18 heavy (non-hydrogen) atoms. The van der Waals surface area contributed by atoms with Gasteiger partial charge in [-0.25, -0.2) is 4.98 Å². The van der Waals surface area contributed by atoms with Gasteiger partial charge in [-0.3, -0.25) is 9.88 Å². The van der Waals surface area contributed by atoms with Crippen molar-refractivity contribution in [2.75, 3.05) is 32.6 Å². The molecule has 5 heteroatoms. The molecule has 1 rings (SSSR count). The molecule has 1 unspecified atom stereocenters. The Bertz CT molecular complexity index is 328. The molecule has 0 spiro atoms. The zero-order valence-corrected chi connectivity index (χ0v) is 11.8. The van der Waals surface area contributed by atoms with E-state index in [0.717, 1.165) is 37.6 Å². The van der Waals surface area contributed by atoms with Gasteiger partial charge < -0.3 is 10.1 Å². The second-order valence-corrected chi connectivity index (χ2v) is 4.56. The molecule has 0 aliphatic rings. The Kier molecular flexibility index (Phi) is 6.60. The number of ether oxygens (including phenoxy) is 1. The maximum atomic E-state index is 5.23. The van der Waals surface area contributed by atoms with Crippen LogP contribution in [0.1, 0.15) is 26.0 Å². The highest BCUT2D eigenvalue weighted by Crippen LogP contribution is 2.04. The molecule has 0 radical (unpaired) electrons. The number of hydrogen-bond acceptors (Lipinski definition) is 5. The molecule has 0 bridgehead atoms. The summed E-state index contributed by atoms with van der Waals surface area (Å²) in [5, 5.41) is 3.21. The van der Waals surface area contributed by atoms with Crippen molar-refractivity contribution >= 4 is 5.82 Å². The quantitative estimate of drug-likeness (QED) is 0.764. The number of likely N-dealkylation sites (N-methyl/N-ethyl adjacent to an activating group) is 1. The fourth-order valence-electron chi connectivity index (χ4n) is 1.64. The topological polar surface area (TPSA) is 50.3 Å². The van der Waals surface area contributed by atoms with Crippen LogP contribution in [0.3, 0.4) is 0 Å². The van der Waals surface area contributed by atoms with Crippen molar-refractivity contribution < 1.29 is 4.74 Å². The van der Waals surface area contributed by atoms with Gasteiger partial charge in [0.1, 0.15) is 5.82 Å². The van der Waals surface area contributed by atoms with Crippen LogP contribution in [0.25, 0.3) is 0 Å². The van der Waals surface area contributed by atoms with Gasteiger partial charge in [0.15, 0.2) is 0 Å². The Morgan fingerprint density at radius 2 is 2.17 bits per heavy atom. The lowest BCUT2D eigenvalue weighted by atomic mass is 10.3. The minimum absolute atomic E-state index is 0.230. The second-order valence-electron chi connectivity index (χ2n) is 4.56. The third-order valence-electron chi connectivity index (χ3n) is 2.66. The molecule has 1 aromatic heterocycles. The largest absolute Gasteiger partial charge is 0.380 e. The average molecular weight is 252 g/mol. The summed E-state index contributed by atoms with van der Waals surface area (Å²) in [6.45, 7) is 6.78. The van der Waals surface area contributed by atoms with E-state index in [1.807, 2.05) is 6.20 Å². The van der Waals surface area contributed by atoms with E-state index in [0.29, 0.717) is 0 Å². The summed E-state index contributed by atoms with van der Waals surface area (Å²) in [7, 11) is 3.78. The Morgan fingerprint density at radius 3 is 2.72 bits per heavy atom. The van der Waals surface area contributed by atoms with E-state index < -0.39 is 0 Å². The number of methoxy groups -OCH3 is 1. The van der Waals surface area contributed by atoms with Gasteiger partial charge in [0.25, 0.3) is 0 Å². The predicted octanol–water partition coefficient (Wildman–Crippen LogP) is 1.77. The van der Waals surface area contributed by atoms with E-state index in [9.17, 15) is 0 Å². The van der Waals surface area contributed by atoms with Crippen LogP contribution in [0, 0.1) is 0 Å². The summed E-state index contributed by atoms with van der Waals surface area (Å²) < 4.78 is 5.23. The lowest BCUT2D eigenvalue weighted by molar-refractivity contribution is 0.0833. The number of rotatable bonds is 8. The third kappa shape index (κ3) is 5.42. The lowest BCUT2D eigenvalue weighted by Gasteiger charge is -2.19. The number of hydrogen-bond donors (Lipinski definition) is 1. The van der Waals surface area contributed by atoms with Gasteiger partial charge in [0.2, 0.25) is 0 Å². The van der Waals surface area contributed by atoms with Crippen LogP contribution in [0.15, 0.2) is 12.4 Å². The van der Waals surface area contributed by atoms with E-state index in [1.54, 1.807) is 13.3 Å². The van der Waals surface area contributed by atoms with E-state index >= 15 is 0 Å². The fourth-order valence-corrected chi connectivity index (χ4v) is 1.64.